The standard InChI is InChI=1S/C23H27N3O2/c1-13-6-10-16(11-7-13)24-23(28)20-15-9-8-14(12-15)19(20)21-25-18-5-3-2-4-17(18)22(27)26-21/h2-5,8-9,13-16,19-20H,6-7,10-12H2,1H3,(H,24,28)(H,25,26,27). The first-order valence-corrected chi connectivity index (χ1v) is 10.6. The van der Waals surface area contributed by atoms with Crippen molar-refractivity contribution in [2.45, 2.75) is 51.0 Å². The van der Waals surface area contributed by atoms with E-state index in [-0.39, 0.29) is 41.2 Å². The van der Waals surface area contributed by atoms with E-state index in [0.717, 1.165) is 25.2 Å². The molecule has 5 nitrogen and oxygen atoms in total. The summed E-state index contributed by atoms with van der Waals surface area (Å²) in [7, 11) is 0. The van der Waals surface area contributed by atoms with Crippen molar-refractivity contribution in [3.63, 3.8) is 0 Å². The number of hydrogen-bond donors (Lipinski definition) is 2. The van der Waals surface area contributed by atoms with Crippen LogP contribution >= 0.6 is 0 Å². The molecule has 2 fully saturated rings. The van der Waals surface area contributed by atoms with Crippen molar-refractivity contribution in [2.24, 2.45) is 23.7 Å². The predicted molar refractivity (Wildman–Crippen MR) is 109 cm³/mol. The highest BCUT2D eigenvalue weighted by Crippen LogP contribution is 2.52. The molecule has 0 radical (unpaired) electrons. The van der Waals surface area contributed by atoms with Crippen LogP contribution in [0.3, 0.4) is 0 Å². The lowest BCUT2D eigenvalue weighted by molar-refractivity contribution is -0.127. The van der Waals surface area contributed by atoms with E-state index >= 15 is 0 Å². The lowest BCUT2D eigenvalue weighted by atomic mass is 9.81. The highest BCUT2D eigenvalue weighted by molar-refractivity contribution is 5.82. The molecule has 1 aromatic heterocycles. The molecule has 0 saturated heterocycles. The van der Waals surface area contributed by atoms with Crippen molar-refractivity contribution in [2.75, 3.05) is 0 Å². The molecule has 28 heavy (non-hydrogen) atoms. The molecule has 2 bridgehead atoms. The molecular formula is C23H27N3O2. The number of fused-ring (bicyclic) bond motifs is 3. The summed E-state index contributed by atoms with van der Waals surface area (Å²) in [5.41, 5.74) is 0.584. The van der Waals surface area contributed by atoms with E-state index in [0.29, 0.717) is 16.7 Å². The van der Waals surface area contributed by atoms with Crippen LogP contribution in [0.25, 0.3) is 10.9 Å². The van der Waals surface area contributed by atoms with Gasteiger partial charge in [0, 0.05) is 12.0 Å². The number of para-hydroxylation sites is 1. The summed E-state index contributed by atoms with van der Waals surface area (Å²) in [6, 6.07) is 7.69. The lowest BCUT2D eigenvalue weighted by Crippen LogP contribution is -2.43. The first-order chi connectivity index (χ1) is 13.6. The summed E-state index contributed by atoms with van der Waals surface area (Å²) in [4.78, 5) is 33.6. The Morgan fingerprint density at radius 2 is 1.86 bits per heavy atom. The van der Waals surface area contributed by atoms with Gasteiger partial charge in [-0.25, -0.2) is 4.98 Å². The van der Waals surface area contributed by atoms with Crippen molar-refractivity contribution in [1.29, 1.82) is 0 Å². The molecule has 2 N–H and O–H groups in total. The Morgan fingerprint density at radius 1 is 1.11 bits per heavy atom. The molecule has 0 aliphatic heterocycles. The number of benzene rings is 1. The average Bonchev–Trinajstić information content (AvgIpc) is 3.31. The van der Waals surface area contributed by atoms with Crippen molar-refractivity contribution < 1.29 is 4.79 Å². The van der Waals surface area contributed by atoms with Crippen LogP contribution in [0.4, 0.5) is 0 Å². The molecule has 146 valence electrons. The highest BCUT2D eigenvalue weighted by atomic mass is 16.2. The highest BCUT2D eigenvalue weighted by Gasteiger charge is 2.50. The zero-order valence-corrected chi connectivity index (χ0v) is 16.2. The van der Waals surface area contributed by atoms with Crippen LogP contribution in [-0.2, 0) is 4.79 Å². The SMILES string of the molecule is CC1CCC(NC(=O)C2C3C=CC(C3)C2c2nc3ccccc3c(=O)[nH]2)CC1. The van der Waals surface area contributed by atoms with E-state index in [9.17, 15) is 9.59 Å². The van der Waals surface area contributed by atoms with Gasteiger partial charge in [0.2, 0.25) is 5.91 Å². The van der Waals surface area contributed by atoms with Crippen LogP contribution in [0.5, 0.6) is 0 Å². The minimum Gasteiger partial charge on any atom is -0.353 e. The molecule has 1 amide bonds. The zero-order valence-electron chi connectivity index (χ0n) is 16.2. The summed E-state index contributed by atoms with van der Waals surface area (Å²) in [6.07, 6.45) is 9.87. The first kappa shape index (κ1) is 17.7. The molecule has 4 atom stereocenters. The van der Waals surface area contributed by atoms with Gasteiger partial charge < -0.3 is 10.3 Å². The fourth-order valence-corrected chi connectivity index (χ4v) is 5.52. The maximum absolute atomic E-state index is 13.3. The second-order valence-electron chi connectivity index (χ2n) is 8.93. The Morgan fingerprint density at radius 3 is 2.68 bits per heavy atom. The minimum atomic E-state index is -0.140. The van der Waals surface area contributed by atoms with Gasteiger partial charge in [0.1, 0.15) is 5.82 Å². The van der Waals surface area contributed by atoms with E-state index in [1.807, 2.05) is 18.2 Å². The number of aromatic amines is 1. The van der Waals surface area contributed by atoms with Gasteiger partial charge >= 0.3 is 0 Å². The van der Waals surface area contributed by atoms with E-state index in [1.54, 1.807) is 6.07 Å². The van der Waals surface area contributed by atoms with Crippen LogP contribution in [0, 0.1) is 23.7 Å². The van der Waals surface area contributed by atoms with E-state index in [4.69, 9.17) is 4.98 Å². The summed E-state index contributed by atoms with van der Waals surface area (Å²) in [5.74, 6) is 1.90. The number of carbonyl (C=O) groups is 1. The van der Waals surface area contributed by atoms with Crippen molar-refractivity contribution >= 4 is 16.8 Å². The normalized spacial score (nSPS) is 34.0. The molecule has 0 spiro atoms. The molecule has 3 aliphatic carbocycles. The molecule has 5 rings (SSSR count). The second kappa shape index (κ2) is 6.87. The number of hydrogen-bond acceptors (Lipinski definition) is 3. The molecule has 4 unspecified atom stereocenters. The van der Waals surface area contributed by atoms with Gasteiger partial charge in [-0.3, -0.25) is 9.59 Å². The Balaban J connectivity index is 1.44. The van der Waals surface area contributed by atoms with Crippen LogP contribution in [0.15, 0.2) is 41.2 Å². The molecule has 2 aromatic rings. The van der Waals surface area contributed by atoms with Crippen molar-refractivity contribution in [3.8, 4) is 0 Å². The Kier molecular flexibility index (Phi) is 4.33. The van der Waals surface area contributed by atoms with Crippen molar-refractivity contribution in [1.82, 2.24) is 15.3 Å². The number of carbonyl (C=O) groups excluding carboxylic acids is 1. The molecule has 1 aromatic carbocycles. The summed E-state index contributed by atoms with van der Waals surface area (Å²) >= 11 is 0. The monoisotopic (exact) mass is 377 g/mol. The lowest BCUT2D eigenvalue weighted by Gasteiger charge is -2.31. The van der Waals surface area contributed by atoms with Gasteiger partial charge in [-0.15, -0.1) is 0 Å². The fourth-order valence-electron chi connectivity index (χ4n) is 5.52. The van der Waals surface area contributed by atoms with Crippen LogP contribution in [0.2, 0.25) is 0 Å². The number of H-pyrrole nitrogens is 1. The molecule has 1 heterocycles. The smallest absolute Gasteiger partial charge is 0.258 e. The van der Waals surface area contributed by atoms with Gasteiger partial charge in [-0.1, -0.05) is 31.2 Å². The number of aromatic nitrogens is 2. The maximum atomic E-state index is 13.3. The Bertz CT molecular complexity index is 987. The predicted octanol–water partition coefficient (Wildman–Crippen LogP) is 3.52. The largest absolute Gasteiger partial charge is 0.353 e. The number of rotatable bonds is 3. The van der Waals surface area contributed by atoms with E-state index < -0.39 is 0 Å². The topological polar surface area (TPSA) is 74.8 Å². The van der Waals surface area contributed by atoms with E-state index in [2.05, 4.69) is 29.4 Å². The second-order valence-corrected chi connectivity index (χ2v) is 8.93. The van der Waals surface area contributed by atoms with Gasteiger partial charge in [-0.05, 0) is 62.0 Å². The zero-order chi connectivity index (χ0) is 19.3. The van der Waals surface area contributed by atoms with E-state index in [1.165, 1.54) is 12.8 Å². The van der Waals surface area contributed by atoms with Gasteiger partial charge in [0.15, 0.2) is 0 Å². The van der Waals surface area contributed by atoms with Gasteiger partial charge in [0.25, 0.3) is 5.56 Å². The average molecular weight is 377 g/mol. The molecular weight excluding hydrogens is 350 g/mol. The first-order valence-electron chi connectivity index (χ1n) is 10.6. The fraction of sp³-hybridized carbons (Fsp3) is 0.522. The number of nitrogens with one attached hydrogen (secondary N) is 2. The number of allylic oxidation sites excluding steroid dienone is 2. The third-order valence-electron chi connectivity index (χ3n) is 7.07. The van der Waals surface area contributed by atoms with Crippen LogP contribution < -0.4 is 10.9 Å². The summed E-state index contributed by atoms with van der Waals surface area (Å²) in [6.45, 7) is 2.29. The van der Waals surface area contributed by atoms with Crippen LogP contribution in [0.1, 0.15) is 50.8 Å². The molecule has 3 aliphatic rings. The third-order valence-corrected chi connectivity index (χ3v) is 7.07. The molecule has 2 saturated carbocycles. The summed E-state index contributed by atoms with van der Waals surface area (Å²) in [5, 5.41) is 3.92. The van der Waals surface area contributed by atoms with Gasteiger partial charge in [-0.2, -0.15) is 0 Å². The maximum Gasteiger partial charge on any atom is 0.258 e. The number of nitrogens with zero attached hydrogens (tertiary/aromatic N) is 1. The van der Waals surface area contributed by atoms with Crippen molar-refractivity contribution in [3.05, 3.63) is 52.6 Å². The minimum absolute atomic E-state index is 0.0465. The van der Waals surface area contributed by atoms with Crippen LogP contribution in [-0.4, -0.2) is 21.9 Å². The summed E-state index contributed by atoms with van der Waals surface area (Å²) < 4.78 is 0. The number of amides is 1. The Labute approximate surface area is 164 Å². The quantitative estimate of drug-likeness (QED) is 0.804. The van der Waals surface area contributed by atoms with Gasteiger partial charge in [0.05, 0.1) is 16.8 Å². The third kappa shape index (κ3) is 2.97. The Hall–Kier alpha value is -2.43. The molecule has 5 heteroatoms.